The highest BCUT2D eigenvalue weighted by Gasteiger charge is 2.23. The van der Waals surface area contributed by atoms with E-state index in [1.807, 2.05) is 17.8 Å². The van der Waals surface area contributed by atoms with Crippen molar-refractivity contribution < 1.29 is 0 Å². The molecule has 0 amide bonds. The zero-order valence-electron chi connectivity index (χ0n) is 13.1. The van der Waals surface area contributed by atoms with Gasteiger partial charge in [0.25, 0.3) is 0 Å². The molecule has 1 aliphatic rings. The van der Waals surface area contributed by atoms with Gasteiger partial charge in [0, 0.05) is 30.8 Å². The van der Waals surface area contributed by atoms with E-state index in [2.05, 4.69) is 29.1 Å². The Hall–Kier alpha value is -1.75. The van der Waals surface area contributed by atoms with E-state index in [9.17, 15) is 0 Å². The predicted octanol–water partition coefficient (Wildman–Crippen LogP) is 1.90. The van der Waals surface area contributed by atoms with Gasteiger partial charge in [-0.15, -0.1) is 0 Å². The quantitative estimate of drug-likeness (QED) is 0.932. The molecule has 21 heavy (non-hydrogen) atoms. The Morgan fingerprint density at radius 2 is 2.24 bits per heavy atom. The Morgan fingerprint density at radius 3 is 2.95 bits per heavy atom. The summed E-state index contributed by atoms with van der Waals surface area (Å²) in [5, 5.41) is 3.46. The van der Waals surface area contributed by atoms with Crippen molar-refractivity contribution in [3.8, 4) is 11.6 Å². The van der Waals surface area contributed by atoms with Gasteiger partial charge in [-0.05, 0) is 50.8 Å². The molecule has 3 rings (SSSR count). The zero-order valence-corrected chi connectivity index (χ0v) is 13.1. The number of rotatable bonds is 4. The van der Waals surface area contributed by atoms with Gasteiger partial charge < -0.3 is 9.88 Å². The van der Waals surface area contributed by atoms with Crippen LogP contribution in [0.2, 0.25) is 0 Å². The SMILES string of the molecule is CCNCC1CCc2nc(-c3nccn3C)nc(C)c2C1. The van der Waals surface area contributed by atoms with Crippen molar-refractivity contribution in [1.29, 1.82) is 0 Å². The summed E-state index contributed by atoms with van der Waals surface area (Å²) >= 11 is 0. The smallest absolute Gasteiger partial charge is 0.196 e. The number of hydrogen-bond donors (Lipinski definition) is 1. The van der Waals surface area contributed by atoms with E-state index in [4.69, 9.17) is 4.98 Å². The van der Waals surface area contributed by atoms with E-state index in [1.165, 1.54) is 17.7 Å². The van der Waals surface area contributed by atoms with E-state index in [-0.39, 0.29) is 0 Å². The third-order valence-corrected chi connectivity index (χ3v) is 4.29. The summed E-state index contributed by atoms with van der Waals surface area (Å²) in [5.74, 6) is 2.30. The van der Waals surface area contributed by atoms with Crippen molar-refractivity contribution in [3.05, 3.63) is 29.3 Å². The van der Waals surface area contributed by atoms with Crippen LogP contribution in [0, 0.1) is 12.8 Å². The van der Waals surface area contributed by atoms with Crippen molar-refractivity contribution in [2.75, 3.05) is 13.1 Å². The molecule has 2 aromatic rings. The molecule has 0 saturated carbocycles. The predicted molar refractivity (Wildman–Crippen MR) is 83.0 cm³/mol. The molecule has 112 valence electrons. The van der Waals surface area contributed by atoms with Crippen LogP contribution in [-0.2, 0) is 19.9 Å². The number of imidazole rings is 1. The lowest BCUT2D eigenvalue weighted by Gasteiger charge is -2.25. The summed E-state index contributed by atoms with van der Waals surface area (Å²) < 4.78 is 1.97. The molecule has 1 unspecified atom stereocenters. The van der Waals surface area contributed by atoms with Gasteiger partial charge in [-0.3, -0.25) is 0 Å². The fourth-order valence-corrected chi connectivity index (χ4v) is 3.06. The zero-order chi connectivity index (χ0) is 14.8. The van der Waals surface area contributed by atoms with Crippen molar-refractivity contribution in [3.63, 3.8) is 0 Å². The van der Waals surface area contributed by atoms with Crippen LogP contribution in [0.25, 0.3) is 11.6 Å². The van der Waals surface area contributed by atoms with E-state index >= 15 is 0 Å². The maximum atomic E-state index is 4.78. The lowest BCUT2D eigenvalue weighted by molar-refractivity contribution is 0.423. The van der Waals surface area contributed by atoms with Crippen LogP contribution in [0.15, 0.2) is 12.4 Å². The standard InChI is InChI=1S/C16H23N5/c1-4-17-10-12-5-6-14-13(9-12)11(2)19-15(20-14)16-18-7-8-21(16)3/h7-8,12,17H,4-6,9-10H2,1-3H3. The first-order chi connectivity index (χ1) is 10.2. The van der Waals surface area contributed by atoms with Crippen LogP contribution in [0.3, 0.4) is 0 Å². The van der Waals surface area contributed by atoms with Crippen molar-refractivity contribution >= 4 is 0 Å². The average Bonchev–Trinajstić information content (AvgIpc) is 2.91. The lowest BCUT2D eigenvalue weighted by atomic mass is 9.85. The van der Waals surface area contributed by atoms with Crippen LogP contribution in [0.5, 0.6) is 0 Å². The summed E-state index contributed by atoms with van der Waals surface area (Å²) in [6.45, 7) is 6.39. The van der Waals surface area contributed by atoms with Gasteiger partial charge in [0.2, 0.25) is 0 Å². The van der Waals surface area contributed by atoms with Gasteiger partial charge in [-0.25, -0.2) is 15.0 Å². The molecular weight excluding hydrogens is 262 g/mol. The molecular formula is C16H23N5. The van der Waals surface area contributed by atoms with Crippen LogP contribution in [0.4, 0.5) is 0 Å². The number of aryl methyl sites for hydroxylation is 3. The van der Waals surface area contributed by atoms with Crippen LogP contribution < -0.4 is 5.32 Å². The fraction of sp³-hybridized carbons (Fsp3) is 0.562. The monoisotopic (exact) mass is 285 g/mol. The number of nitrogens with one attached hydrogen (secondary N) is 1. The molecule has 0 aliphatic heterocycles. The highest BCUT2D eigenvalue weighted by Crippen LogP contribution is 2.27. The Morgan fingerprint density at radius 1 is 1.38 bits per heavy atom. The molecule has 5 heteroatoms. The molecule has 0 bridgehead atoms. The molecule has 2 heterocycles. The first-order valence-corrected chi connectivity index (χ1v) is 7.73. The highest BCUT2D eigenvalue weighted by atomic mass is 15.1. The van der Waals surface area contributed by atoms with Crippen LogP contribution >= 0.6 is 0 Å². The maximum absolute atomic E-state index is 4.78. The van der Waals surface area contributed by atoms with Gasteiger partial charge in [0.1, 0.15) is 0 Å². The van der Waals surface area contributed by atoms with E-state index in [0.29, 0.717) is 5.92 Å². The van der Waals surface area contributed by atoms with E-state index in [0.717, 1.165) is 43.3 Å². The summed E-state index contributed by atoms with van der Waals surface area (Å²) in [7, 11) is 1.98. The summed E-state index contributed by atoms with van der Waals surface area (Å²) in [4.78, 5) is 13.8. The molecule has 0 saturated heterocycles. The summed E-state index contributed by atoms with van der Waals surface area (Å²) in [6.07, 6.45) is 7.07. The highest BCUT2D eigenvalue weighted by molar-refractivity contribution is 5.46. The Balaban J connectivity index is 1.88. The molecule has 5 nitrogen and oxygen atoms in total. The van der Waals surface area contributed by atoms with E-state index < -0.39 is 0 Å². The minimum absolute atomic E-state index is 0.707. The average molecular weight is 285 g/mol. The van der Waals surface area contributed by atoms with Crippen molar-refractivity contribution in [2.24, 2.45) is 13.0 Å². The second-order valence-electron chi connectivity index (χ2n) is 5.84. The molecule has 1 atom stereocenters. The Kier molecular flexibility index (Phi) is 4.01. The Labute approximate surface area is 125 Å². The molecule has 2 aromatic heterocycles. The molecule has 1 aliphatic carbocycles. The molecule has 0 aromatic carbocycles. The second-order valence-corrected chi connectivity index (χ2v) is 5.84. The van der Waals surface area contributed by atoms with Gasteiger partial charge >= 0.3 is 0 Å². The first kappa shape index (κ1) is 14.2. The van der Waals surface area contributed by atoms with Gasteiger partial charge in [0.15, 0.2) is 11.6 Å². The van der Waals surface area contributed by atoms with Crippen LogP contribution in [-0.4, -0.2) is 32.6 Å². The molecule has 0 fully saturated rings. The van der Waals surface area contributed by atoms with Gasteiger partial charge in [-0.2, -0.15) is 0 Å². The normalized spacial score (nSPS) is 17.8. The molecule has 0 spiro atoms. The number of nitrogens with zero attached hydrogens (tertiary/aromatic N) is 4. The van der Waals surface area contributed by atoms with Gasteiger partial charge in [0.05, 0.1) is 0 Å². The minimum Gasteiger partial charge on any atom is -0.331 e. The van der Waals surface area contributed by atoms with Crippen molar-refractivity contribution in [1.82, 2.24) is 24.8 Å². The molecule has 0 radical (unpaired) electrons. The number of fused-ring (bicyclic) bond motifs is 1. The van der Waals surface area contributed by atoms with Crippen molar-refractivity contribution in [2.45, 2.75) is 33.1 Å². The second kappa shape index (κ2) is 5.93. The summed E-state index contributed by atoms with van der Waals surface area (Å²) in [6, 6.07) is 0. The topological polar surface area (TPSA) is 55.6 Å². The first-order valence-electron chi connectivity index (χ1n) is 7.73. The third kappa shape index (κ3) is 2.83. The van der Waals surface area contributed by atoms with Gasteiger partial charge in [-0.1, -0.05) is 6.92 Å². The van der Waals surface area contributed by atoms with E-state index in [1.54, 1.807) is 6.20 Å². The lowest BCUT2D eigenvalue weighted by Crippen LogP contribution is -2.28. The number of hydrogen-bond acceptors (Lipinski definition) is 4. The molecule has 1 N–H and O–H groups in total. The third-order valence-electron chi connectivity index (χ3n) is 4.29. The number of aromatic nitrogens is 4. The largest absolute Gasteiger partial charge is 0.331 e. The summed E-state index contributed by atoms with van der Waals surface area (Å²) in [5.41, 5.74) is 3.68. The minimum atomic E-state index is 0.707. The van der Waals surface area contributed by atoms with Crippen LogP contribution in [0.1, 0.15) is 30.3 Å². The fourth-order valence-electron chi connectivity index (χ4n) is 3.06. The Bertz CT molecular complexity index is 632. The maximum Gasteiger partial charge on any atom is 0.196 e.